The predicted molar refractivity (Wildman–Crippen MR) is 144 cm³/mol. The Morgan fingerprint density at radius 3 is 2.38 bits per heavy atom. The summed E-state index contributed by atoms with van der Waals surface area (Å²) in [6.07, 6.45) is 8.80. The molecule has 11 heteroatoms. The molecule has 3 fully saturated rings. The van der Waals surface area contributed by atoms with Gasteiger partial charge in [0.2, 0.25) is 5.95 Å². The minimum atomic E-state index is -0.179. The molecule has 2 aliphatic heterocycles. The number of fused-ring (bicyclic) bond motifs is 1. The van der Waals surface area contributed by atoms with E-state index >= 15 is 0 Å². The lowest BCUT2D eigenvalue weighted by atomic mass is 10.1. The fourth-order valence-corrected chi connectivity index (χ4v) is 6.13. The number of nitrogens with zero attached hydrogens (tertiary/aromatic N) is 10. The quantitative estimate of drug-likeness (QED) is 0.532. The van der Waals surface area contributed by atoms with Crippen molar-refractivity contribution < 1.29 is 5.11 Å². The van der Waals surface area contributed by atoms with Gasteiger partial charge in [0.15, 0.2) is 5.65 Å². The van der Waals surface area contributed by atoms with Crippen molar-refractivity contribution in [2.24, 2.45) is 7.05 Å². The van der Waals surface area contributed by atoms with Crippen LogP contribution in [0.1, 0.15) is 45.0 Å². The number of aliphatic hydroxyl groups is 1. The van der Waals surface area contributed by atoms with Gasteiger partial charge in [0.25, 0.3) is 0 Å². The third-order valence-corrected chi connectivity index (χ3v) is 8.38. The lowest BCUT2D eigenvalue weighted by molar-refractivity contribution is 0.0670. The third-order valence-electron chi connectivity index (χ3n) is 8.38. The molecule has 0 bridgehead atoms. The summed E-state index contributed by atoms with van der Waals surface area (Å²) in [7, 11) is 2.06. The molecule has 2 saturated heterocycles. The fraction of sp³-hybridized carbons (Fsp3) is 0.692. The van der Waals surface area contributed by atoms with Crippen LogP contribution in [0, 0.1) is 0 Å². The van der Waals surface area contributed by atoms with Gasteiger partial charge in [-0.05, 0) is 33.1 Å². The molecule has 37 heavy (non-hydrogen) atoms. The maximum atomic E-state index is 10.4. The minimum absolute atomic E-state index is 0.179. The first kappa shape index (κ1) is 24.6. The van der Waals surface area contributed by atoms with E-state index in [1.54, 1.807) is 0 Å². The Balaban J connectivity index is 1.21. The summed E-state index contributed by atoms with van der Waals surface area (Å²) >= 11 is 0. The molecule has 0 spiro atoms. The van der Waals surface area contributed by atoms with Crippen molar-refractivity contribution in [1.82, 2.24) is 39.1 Å². The van der Waals surface area contributed by atoms with Gasteiger partial charge in [-0.3, -0.25) is 9.80 Å². The molecule has 11 nitrogen and oxygen atoms in total. The molecule has 200 valence electrons. The first-order valence-electron chi connectivity index (χ1n) is 13.8. The van der Waals surface area contributed by atoms with Crippen molar-refractivity contribution in [3.63, 3.8) is 0 Å². The van der Waals surface area contributed by atoms with E-state index in [0.29, 0.717) is 6.04 Å². The number of anilines is 2. The van der Waals surface area contributed by atoms with Crippen LogP contribution in [0.15, 0.2) is 18.6 Å². The zero-order valence-electron chi connectivity index (χ0n) is 22.4. The van der Waals surface area contributed by atoms with Crippen molar-refractivity contribution in [2.75, 3.05) is 62.2 Å². The molecule has 6 rings (SSSR count). The Morgan fingerprint density at radius 1 is 0.973 bits per heavy atom. The van der Waals surface area contributed by atoms with Crippen LogP contribution in [0.25, 0.3) is 11.0 Å². The molecule has 0 aromatic carbocycles. The van der Waals surface area contributed by atoms with E-state index in [1.165, 1.54) is 0 Å². The van der Waals surface area contributed by atoms with Gasteiger partial charge in [0, 0.05) is 83.9 Å². The topological polar surface area (TPSA) is 94.6 Å². The number of aryl methyl sites for hydroxylation is 1. The molecular weight excluding hydrogens is 468 g/mol. The second-order valence-corrected chi connectivity index (χ2v) is 11.1. The van der Waals surface area contributed by atoms with E-state index in [9.17, 15) is 5.11 Å². The van der Waals surface area contributed by atoms with Crippen LogP contribution in [0.5, 0.6) is 0 Å². The minimum Gasteiger partial charge on any atom is -0.391 e. The average molecular weight is 509 g/mol. The molecular formula is C26H40N10O. The van der Waals surface area contributed by atoms with Crippen molar-refractivity contribution >= 4 is 22.8 Å². The Morgan fingerprint density at radius 2 is 1.73 bits per heavy atom. The largest absolute Gasteiger partial charge is 0.391 e. The highest BCUT2D eigenvalue weighted by Gasteiger charge is 2.33. The Hall–Kier alpha value is -2.76. The number of imidazole rings is 1. The smallest absolute Gasteiger partial charge is 0.229 e. The van der Waals surface area contributed by atoms with Crippen molar-refractivity contribution in [3.8, 4) is 0 Å². The molecule has 1 N–H and O–H groups in total. The van der Waals surface area contributed by atoms with Gasteiger partial charge >= 0.3 is 0 Å². The van der Waals surface area contributed by atoms with Crippen LogP contribution >= 0.6 is 0 Å². The van der Waals surface area contributed by atoms with Crippen molar-refractivity contribution in [3.05, 3.63) is 24.4 Å². The highest BCUT2D eigenvalue weighted by atomic mass is 16.3. The summed E-state index contributed by atoms with van der Waals surface area (Å²) in [5.41, 5.74) is 0.916. The monoisotopic (exact) mass is 508 g/mol. The lowest BCUT2D eigenvalue weighted by Gasteiger charge is -2.39. The number of rotatable bonds is 6. The number of hydrogen-bond donors (Lipinski definition) is 1. The number of piperazine rings is 2. The molecule has 0 radical (unpaired) electrons. The average Bonchev–Trinajstić information content (AvgIpc) is 3.64. The van der Waals surface area contributed by atoms with Gasteiger partial charge in [-0.1, -0.05) is 0 Å². The van der Waals surface area contributed by atoms with E-state index < -0.39 is 0 Å². The Kier molecular flexibility index (Phi) is 6.76. The van der Waals surface area contributed by atoms with Crippen molar-refractivity contribution in [2.45, 2.75) is 57.8 Å². The second-order valence-electron chi connectivity index (χ2n) is 11.1. The Bertz CT molecular complexity index is 1210. The number of aromatic nitrogens is 6. The summed E-state index contributed by atoms with van der Waals surface area (Å²) in [6, 6.07) is 0.536. The van der Waals surface area contributed by atoms with E-state index in [-0.39, 0.29) is 12.1 Å². The SMILES string of the molecule is CC(C)n1ncc2c(N3CCN(Cc4nccn4C)CC3)nc(N3CCN([C@@H]4CCC[C@H]4O)CC3)nc21. The van der Waals surface area contributed by atoms with Gasteiger partial charge in [-0.25, -0.2) is 9.67 Å². The zero-order valence-corrected chi connectivity index (χ0v) is 22.4. The van der Waals surface area contributed by atoms with Crippen LogP contribution in [0.4, 0.5) is 11.8 Å². The molecule has 3 aromatic rings. The zero-order chi connectivity index (χ0) is 25.5. The van der Waals surface area contributed by atoms with E-state index in [2.05, 4.69) is 50.0 Å². The third kappa shape index (κ3) is 4.80. The molecule has 0 unspecified atom stereocenters. The van der Waals surface area contributed by atoms with Crippen LogP contribution < -0.4 is 9.80 Å². The molecule has 3 aromatic heterocycles. The van der Waals surface area contributed by atoms with Gasteiger partial charge in [-0.15, -0.1) is 0 Å². The molecule has 2 atom stereocenters. The van der Waals surface area contributed by atoms with Crippen molar-refractivity contribution in [1.29, 1.82) is 0 Å². The van der Waals surface area contributed by atoms with Gasteiger partial charge in [0.1, 0.15) is 11.6 Å². The summed E-state index contributed by atoms with van der Waals surface area (Å²) in [6.45, 7) is 12.6. The summed E-state index contributed by atoms with van der Waals surface area (Å²) < 4.78 is 4.12. The van der Waals surface area contributed by atoms with Crippen LogP contribution in [-0.2, 0) is 13.6 Å². The summed E-state index contributed by atoms with van der Waals surface area (Å²) in [5, 5.41) is 16.1. The maximum Gasteiger partial charge on any atom is 0.229 e. The Labute approximate surface area is 218 Å². The lowest BCUT2D eigenvalue weighted by Crippen LogP contribution is -2.52. The highest BCUT2D eigenvalue weighted by Crippen LogP contribution is 2.30. The van der Waals surface area contributed by atoms with Gasteiger partial charge < -0.3 is 19.5 Å². The highest BCUT2D eigenvalue weighted by molar-refractivity contribution is 5.88. The molecule has 5 heterocycles. The van der Waals surface area contributed by atoms with E-state index in [0.717, 1.165) is 107 Å². The van der Waals surface area contributed by atoms with Crippen LogP contribution in [0.2, 0.25) is 0 Å². The van der Waals surface area contributed by atoms with Crippen LogP contribution in [0.3, 0.4) is 0 Å². The van der Waals surface area contributed by atoms with E-state index in [1.807, 2.05) is 23.3 Å². The molecule has 1 aliphatic carbocycles. The first-order valence-corrected chi connectivity index (χ1v) is 13.8. The fourth-order valence-electron chi connectivity index (χ4n) is 6.13. The molecule has 3 aliphatic rings. The summed E-state index contributed by atoms with van der Waals surface area (Å²) in [4.78, 5) is 24.4. The second kappa shape index (κ2) is 10.2. The van der Waals surface area contributed by atoms with Gasteiger partial charge in [-0.2, -0.15) is 15.1 Å². The first-order chi connectivity index (χ1) is 18.0. The van der Waals surface area contributed by atoms with Gasteiger partial charge in [0.05, 0.1) is 24.2 Å². The summed E-state index contributed by atoms with van der Waals surface area (Å²) in [5.74, 6) is 2.90. The number of aliphatic hydroxyl groups excluding tert-OH is 1. The number of hydrogen-bond acceptors (Lipinski definition) is 9. The standard InChI is InChI=1S/C26H40N10O/c1-19(2)36-25-20(17-28-36)24(34-11-9-32(10-12-34)18-23-27-7-8-31(23)3)29-26(30-25)35-15-13-33(14-16-35)21-5-4-6-22(21)37/h7-8,17,19,21-22,37H,4-6,9-16,18H2,1-3H3/t21-,22-/m1/s1. The molecule has 1 saturated carbocycles. The molecule has 0 amide bonds. The predicted octanol–water partition coefficient (Wildman–Crippen LogP) is 1.50. The van der Waals surface area contributed by atoms with E-state index in [4.69, 9.17) is 15.1 Å². The maximum absolute atomic E-state index is 10.4. The van der Waals surface area contributed by atoms with Crippen LogP contribution in [-0.4, -0.2) is 109 Å². The normalized spacial score (nSPS) is 24.1.